The maximum atomic E-state index is 13.9. The molecular formula is C31H26Cl2N2O4S. The Hall–Kier alpha value is -3.65. The van der Waals surface area contributed by atoms with E-state index in [1.807, 2.05) is 61.5 Å². The van der Waals surface area contributed by atoms with Gasteiger partial charge in [0.15, 0.2) is 4.80 Å². The average molecular weight is 594 g/mol. The number of hydrogen-bond acceptors (Lipinski definition) is 6. The molecule has 1 aromatic heterocycles. The summed E-state index contributed by atoms with van der Waals surface area (Å²) >= 11 is 13.7. The molecule has 0 radical (unpaired) electrons. The van der Waals surface area contributed by atoms with Crippen LogP contribution >= 0.6 is 34.5 Å². The van der Waals surface area contributed by atoms with Crippen LogP contribution < -0.4 is 19.6 Å². The second-order valence-electron chi connectivity index (χ2n) is 9.23. The molecule has 0 fully saturated rings. The molecule has 1 aliphatic rings. The van der Waals surface area contributed by atoms with Gasteiger partial charge < -0.3 is 9.47 Å². The Bertz CT molecular complexity index is 1760. The van der Waals surface area contributed by atoms with Crippen LogP contribution in [0.4, 0.5) is 0 Å². The molecule has 9 heteroatoms. The summed E-state index contributed by atoms with van der Waals surface area (Å²) in [4.78, 5) is 32.6. The molecule has 0 N–H and O–H groups in total. The van der Waals surface area contributed by atoms with Crippen molar-refractivity contribution in [3.63, 3.8) is 0 Å². The predicted octanol–water partition coefficient (Wildman–Crippen LogP) is 6.07. The molecule has 2 heterocycles. The Kier molecular flexibility index (Phi) is 8.54. The van der Waals surface area contributed by atoms with Gasteiger partial charge in [-0.3, -0.25) is 9.36 Å². The molecule has 0 aliphatic carbocycles. The largest absolute Gasteiger partial charge is 0.494 e. The number of esters is 1. The molecule has 6 nitrogen and oxygen atoms in total. The number of hydrogen-bond donors (Lipinski definition) is 0. The number of fused-ring (bicyclic) bond motifs is 1. The van der Waals surface area contributed by atoms with Gasteiger partial charge in [0.1, 0.15) is 12.4 Å². The van der Waals surface area contributed by atoms with Gasteiger partial charge in [-0.25, -0.2) is 9.79 Å². The molecule has 0 saturated carbocycles. The fraction of sp³-hybridized carbons (Fsp3) is 0.194. The van der Waals surface area contributed by atoms with Gasteiger partial charge in [-0.1, -0.05) is 90.0 Å². The van der Waals surface area contributed by atoms with Gasteiger partial charge in [0.2, 0.25) is 0 Å². The van der Waals surface area contributed by atoms with Crippen molar-refractivity contribution in [2.75, 3.05) is 6.61 Å². The molecule has 0 amide bonds. The number of rotatable bonds is 8. The number of benzene rings is 3. The van der Waals surface area contributed by atoms with Crippen molar-refractivity contribution in [3.05, 3.63) is 130 Å². The number of aromatic nitrogens is 1. The summed E-state index contributed by atoms with van der Waals surface area (Å²) in [5.41, 5.74) is 2.77. The van der Waals surface area contributed by atoms with Crippen LogP contribution in [0.15, 0.2) is 93.9 Å². The summed E-state index contributed by atoms with van der Waals surface area (Å²) < 4.78 is 13.5. The number of nitrogens with zero attached hydrogens (tertiary/aromatic N) is 2. The first kappa shape index (κ1) is 27.9. The highest BCUT2D eigenvalue weighted by atomic mass is 35.5. The summed E-state index contributed by atoms with van der Waals surface area (Å²) in [6, 6.07) is 21.2. The number of halogens is 2. The van der Waals surface area contributed by atoms with E-state index >= 15 is 0 Å². The third-order valence-electron chi connectivity index (χ3n) is 6.37. The zero-order chi connectivity index (χ0) is 28.2. The lowest BCUT2D eigenvalue weighted by Gasteiger charge is -2.25. The summed E-state index contributed by atoms with van der Waals surface area (Å²) in [7, 11) is 0. The van der Waals surface area contributed by atoms with Crippen LogP contribution in [0.1, 0.15) is 43.0 Å². The summed E-state index contributed by atoms with van der Waals surface area (Å²) in [6.45, 7) is 4.50. The topological polar surface area (TPSA) is 69.9 Å². The maximum Gasteiger partial charge on any atom is 0.338 e. The van der Waals surface area contributed by atoms with Crippen LogP contribution in [0.3, 0.4) is 0 Å². The highest BCUT2D eigenvalue weighted by molar-refractivity contribution is 7.07. The van der Waals surface area contributed by atoms with Crippen LogP contribution in [-0.2, 0) is 16.1 Å². The average Bonchev–Trinajstić information content (AvgIpc) is 3.26. The van der Waals surface area contributed by atoms with E-state index in [0.29, 0.717) is 48.6 Å². The van der Waals surface area contributed by atoms with Crippen molar-refractivity contribution in [2.24, 2.45) is 4.99 Å². The first-order valence-electron chi connectivity index (χ1n) is 12.8. The summed E-state index contributed by atoms with van der Waals surface area (Å²) in [5, 5.41) is 0.933. The quantitative estimate of drug-likeness (QED) is 0.233. The van der Waals surface area contributed by atoms with Crippen molar-refractivity contribution >= 4 is 46.6 Å². The Labute approximate surface area is 245 Å². The second kappa shape index (κ2) is 12.3. The minimum atomic E-state index is -0.734. The molecule has 0 bridgehead atoms. The minimum Gasteiger partial charge on any atom is -0.494 e. The fourth-order valence-corrected chi connectivity index (χ4v) is 5.93. The van der Waals surface area contributed by atoms with Crippen LogP contribution in [0.2, 0.25) is 10.0 Å². The molecule has 204 valence electrons. The van der Waals surface area contributed by atoms with Crippen LogP contribution in [0.5, 0.6) is 5.75 Å². The van der Waals surface area contributed by atoms with E-state index in [4.69, 9.17) is 32.7 Å². The highest BCUT2D eigenvalue weighted by Gasteiger charge is 2.33. The molecule has 1 atom stereocenters. The van der Waals surface area contributed by atoms with Gasteiger partial charge in [0.25, 0.3) is 5.56 Å². The maximum absolute atomic E-state index is 13.9. The number of ether oxygens (including phenoxy) is 2. The summed E-state index contributed by atoms with van der Waals surface area (Å²) in [5.74, 6) is 0.181. The van der Waals surface area contributed by atoms with E-state index in [2.05, 4.69) is 4.99 Å². The molecule has 0 spiro atoms. The molecule has 0 saturated heterocycles. The first-order valence-corrected chi connectivity index (χ1v) is 14.3. The molecule has 3 aromatic carbocycles. The normalized spacial score (nSPS) is 15.0. The minimum absolute atomic E-state index is 0.104. The third kappa shape index (κ3) is 5.92. The number of carbonyl (C=O) groups excluding carboxylic acids is 1. The number of thiazole rings is 1. The van der Waals surface area contributed by atoms with E-state index in [-0.39, 0.29) is 12.2 Å². The van der Waals surface area contributed by atoms with Crippen molar-refractivity contribution in [1.82, 2.24) is 4.57 Å². The highest BCUT2D eigenvalue weighted by Crippen LogP contribution is 2.32. The second-order valence-corrected chi connectivity index (χ2v) is 11.1. The van der Waals surface area contributed by atoms with E-state index in [0.717, 1.165) is 17.5 Å². The van der Waals surface area contributed by atoms with Crippen molar-refractivity contribution in [2.45, 2.75) is 32.9 Å². The standard InChI is InChI=1S/C31H26Cl2N2O4S/c1-3-15-38-24-13-10-21(11-14-24)28-27(30(37)39-18-20-7-5-4-6-8-20)19(2)34-31-35(28)29(36)26(40-31)16-22-9-12-23(32)17-25(22)33/h4-14,16-17,28H,3,15,18H2,1-2H3/b26-16-. The Balaban J connectivity index is 1.60. The van der Waals surface area contributed by atoms with E-state index in [9.17, 15) is 9.59 Å². The zero-order valence-corrected chi connectivity index (χ0v) is 24.2. The lowest BCUT2D eigenvalue weighted by atomic mass is 9.96. The van der Waals surface area contributed by atoms with E-state index < -0.39 is 12.0 Å². The molecule has 1 unspecified atom stereocenters. The molecular weight excluding hydrogens is 567 g/mol. The van der Waals surface area contributed by atoms with Crippen molar-refractivity contribution < 1.29 is 14.3 Å². The third-order valence-corrected chi connectivity index (χ3v) is 7.92. The Morgan fingerprint density at radius 3 is 2.52 bits per heavy atom. The van der Waals surface area contributed by atoms with E-state index in [1.54, 1.807) is 35.8 Å². The number of allylic oxidation sites excluding steroid dienone is 1. The van der Waals surface area contributed by atoms with Gasteiger partial charge in [0.05, 0.1) is 28.5 Å². The van der Waals surface area contributed by atoms with Gasteiger partial charge >= 0.3 is 5.97 Å². The van der Waals surface area contributed by atoms with Gasteiger partial charge in [-0.2, -0.15) is 0 Å². The van der Waals surface area contributed by atoms with Gasteiger partial charge in [0, 0.05) is 10.0 Å². The monoisotopic (exact) mass is 592 g/mol. The number of carbonyl (C=O) groups is 1. The van der Waals surface area contributed by atoms with Crippen LogP contribution in [0, 0.1) is 0 Å². The molecule has 1 aliphatic heterocycles. The van der Waals surface area contributed by atoms with E-state index in [1.165, 1.54) is 11.3 Å². The zero-order valence-electron chi connectivity index (χ0n) is 21.9. The summed E-state index contributed by atoms with van der Waals surface area (Å²) in [6.07, 6.45) is 2.60. The molecule has 4 aromatic rings. The predicted molar refractivity (Wildman–Crippen MR) is 159 cm³/mol. The lowest BCUT2D eigenvalue weighted by Crippen LogP contribution is -2.39. The Morgan fingerprint density at radius 2 is 1.82 bits per heavy atom. The lowest BCUT2D eigenvalue weighted by molar-refractivity contribution is -0.140. The first-order chi connectivity index (χ1) is 19.4. The van der Waals surface area contributed by atoms with Gasteiger partial charge in [-0.15, -0.1) is 0 Å². The fourth-order valence-electron chi connectivity index (χ4n) is 4.42. The van der Waals surface area contributed by atoms with Crippen molar-refractivity contribution in [1.29, 1.82) is 0 Å². The Morgan fingerprint density at radius 1 is 1.07 bits per heavy atom. The van der Waals surface area contributed by atoms with Crippen LogP contribution in [-0.4, -0.2) is 17.1 Å². The SMILES string of the molecule is CCCOc1ccc(C2C(C(=O)OCc3ccccc3)=C(C)N=c3s/c(=C\c4ccc(Cl)cc4Cl)c(=O)n32)cc1. The smallest absolute Gasteiger partial charge is 0.338 e. The van der Waals surface area contributed by atoms with Crippen molar-refractivity contribution in [3.8, 4) is 5.75 Å². The van der Waals surface area contributed by atoms with Crippen LogP contribution in [0.25, 0.3) is 6.08 Å². The molecule has 40 heavy (non-hydrogen) atoms. The molecule has 5 rings (SSSR count). The van der Waals surface area contributed by atoms with Gasteiger partial charge in [-0.05, 0) is 60.4 Å².